The quantitative estimate of drug-likeness (QED) is 0.454. The average molecular weight is 524 g/mol. The largest absolute Gasteiger partial charge is 0.379 e. The zero-order valence-electron chi connectivity index (χ0n) is 20.8. The Morgan fingerprint density at radius 1 is 1.16 bits per heavy atom. The molecule has 1 saturated heterocycles. The van der Waals surface area contributed by atoms with Gasteiger partial charge in [0, 0.05) is 57.1 Å². The van der Waals surface area contributed by atoms with Crippen molar-refractivity contribution in [2.75, 3.05) is 45.9 Å². The van der Waals surface area contributed by atoms with Gasteiger partial charge in [-0.3, -0.25) is 14.5 Å². The summed E-state index contributed by atoms with van der Waals surface area (Å²) in [5, 5.41) is 8.24. The second-order valence-electron chi connectivity index (χ2n) is 9.22. The van der Waals surface area contributed by atoms with Crippen LogP contribution in [0.25, 0.3) is 0 Å². The van der Waals surface area contributed by atoms with E-state index in [0.29, 0.717) is 32.7 Å². The third-order valence-electron chi connectivity index (χ3n) is 6.77. The first-order chi connectivity index (χ1) is 18.0. The van der Waals surface area contributed by atoms with Crippen molar-refractivity contribution in [2.24, 2.45) is 12.1 Å². The number of thiophene rings is 1. The first kappa shape index (κ1) is 25.3. The molecule has 8 nitrogen and oxygen atoms in total. The molecular formula is C27H30FN5O3S. The van der Waals surface area contributed by atoms with E-state index in [1.807, 2.05) is 47.5 Å². The molecule has 1 atom stereocenters. The van der Waals surface area contributed by atoms with Gasteiger partial charge >= 0.3 is 0 Å². The number of hydrazone groups is 1. The summed E-state index contributed by atoms with van der Waals surface area (Å²) in [4.78, 5) is 31.9. The third-order valence-corrected chi connectivity index (χ3v) is 7.69. The van der Waals surface area contributed by atoms with Crippen LogP contribution in [0.2, 0.25) is 0 Å². The second kappa shape index (κ2) is 11.4. The van der Waals surface area contributed by atoms with Crippen LogP contribution < -0.4 is 0 Å². The molecule has 1 aromatic carbocycles. The van der Waals surface area contributed by atoms with Crippen molar-refractivity contribution < 1.29 is 18.7 Å². The Labute approximate surface area is 219 Å². The molecule has 0 spiro atoms. The Balaban J connectivity index is 1.39. The number of morpholine rings is 1. The number of ether oxygens (including phenoxy) is 1. The zero-order valence-corrected chi connectivity index (χ0v) is 21.6. The van der Waals surface area contributed by atoms with Crippen LogP contribution in [0.4, 0.5) is 4.39 Å². The van der Waals surface area contributed by atoms with E-state index in [4.69, 9.17) is 9.84 Å². The summed E-state index contributed by atoms with van der Waals surface area (Å²) in [6, 6.07) is 13.2. The summed E-state index contributed by atoms with van der Waals surface area (Å²) in [5.74, 6) is -1.14. The van der Waals surface area contributed by atoms with Crippen molar-refractivity contribution in [1.82, 2.24) is 19.4 Å². The third kappa shape index (κ3) is 5.82. The number of benzene rings is 1. The lowest BCUT2D eigenvalue weighted by Crippen LogP contribution is -2.46. The molecule has 2 aliphatic rings. The number of hydrogen-bond donors (Lipinski definition) is 0. The predicted molar refractivity (Wildman–Crippen MR) is 140 cm³/mol. The van der Waals surface area contributed by atoms with Gasteiger partial charge in [0.15, 0.2) is 0 Å². The summed E-state index contributed by atoms with van der Waals surface area (Å²) < 4.78 is 21.3. The Hall–Kier alpha value is -3.34. The number of rotatable bonds is 8. The van der Waals surface area contributed by atoms with Crippen LogP contribution in [-0.4, -0.2) is 82.8 Å². The molecule has 10 heteroatoms. The molecule has 0 radical (unpaired) electrons. The Morgan fingerprint density at radius 2 is 2.00 bits per heavy atom. The SMILES string of the molecule is Cn1cccc1[C@@H]1CC(c2cccs2)=NN1C(=O)CN(CCN1CCOCC1)C(=O)c1cccc(F)c1. The normalized spacial score (nSPS) is 18.2. The molecule has 0 N–H and O–H groups in total. The van der Waals surface area contributed by atoms with E-state index < -0.39 is 5.82 Å². The fourth-order valence-electron chi connectivity index (χ4n) is 4.76. The minimum atomic E-state index is -0.487. The lowest BCUT2D eigenvalue weighted by molar-refractivity contribution is -0.133. The van der Waals surface area contributed by atoms with E-state index in [1.165, 1.54) is 28.1 Å². The lowest BCUT2D eigenvalue weighted by atomic mass is 10.1. The van der Waals surface area contributed by atoms with Crippen LogP contribution in [0.3, 0.4) is 0 Å². The smallest absolute Gasteiger partial charge is 0.262 e. The van der Waals surface area contributed by atoms with Crippen molar-refractivity contribution in [2.45, 2.75) is 12.5 Å². The number of aromatic nitrogens is 1. The van der Waals surface area contributed by atoms with Gasteiger partial charge in [-0.1, -0.05) is 12.1 Å². The van der Waals surface area contributed by atoms with Crippen molar-refractivity contribution in [3.8, 4) is 0 Å². The van der Waals surface area contributed by atoms with Gasteiger partial charge in [0.2, 0.25) is 0 Å². The lowest BCUT2D eigenvalue weighted by Gasteiger charge is -2.31. The van der Waals surface area contributed by atoms with Gasteiger partial charge in [-0.25, -0.2) is 9.40 Å². The monoisotopic (exact) mass is 523 g/mol. The molecule has 2 amide bonds. The first-order valence-corrected chi connectivity index (χ1v) is 13.3. The van der Waals surface area contributed by atoms with Crippen molar-refractivity contribution in [3.05, 3.63) is 82.1 Å². The van der Waals surface area contributed by atoms with Crippen LogP contribution >= 0.6 is 11.3 Å². The Morgan fingerprint density at radius 3 is 2.70 bits per heavy atom. The Bertz CT molecular complexity index is 1270. The molecule has 3 aromatic rings. The minimum absolute atomic E-state index is 0.151. The number of aryl methyl sites for hydroxylation is 1. The van der Waals surface area contributed by atoms with Crippen molar-refractivity contribution >= 4 is 28.9 Å². The summed E-state index contributed by atoms with van der Waals surface area (Å²) >= 11 is 1.59. The molecule has 2 aliphatic heterocycles. The van der Waals surface area contributed by atoms with Crippen LogP contribution in [0.1, 0.15) is 33.4 Å². The van der Waals surface area contributed by atoms with Crippen molar-refractivity contribution in [3.63, 3.8) is 0 Å². The highest BCUT2D eigenvalue weighted by Gasteiger charge is 2.36. The highest BCUT2D eigenvalue weighted by Crippen LogP contribution is 2.34. The number of carbonyl (C=O) groups is 2. The molecule has 1 fully saturated rings. The van der Waals surface area contributed by atoms with E-state index in [-0.39, 0.29) is 30.0 Å². The maximum Gasteiger partial charge on any atom is 0.262 e. The Kier molecular flexibility index (Phi) is 7.78. The van der Waals surface area contributed by atoms with Gasteiger partial charge in [-0.05, 0) is 41.8 Å². The van der Waals surface area contributed by atoms with Gasteiger partial charge in [0.1, 0.15) is 18.4 Å². The van der Waals surface area contributed by atoms with Crippen molar-refractivity contribution in [1.29, 1.82) is 0 Å². The molecule has 0 aliphatic carbocycles. The van der Waals surface area contributed by atoms with Crippen LogP contribution in [0, 0.1) is 5.82 Å². The number of halogens is 1. The standard InChI is InChI=1S/C27H30FN5O3S/c1-30-9-3-7-23(30)24-18-22(25-8-4-16-37-25)29-33(24)26(34)19-32(11-10-31-12-14-36-15-13-31)27(35)20-5-2-6-21(28)17-20/h2-9,16-17,24H,10-15,18-19H2,1H3/t24-/m0/s1. The van der Waals surface area contributed by atoms with Crippen LogP contribution in [0.5, 0.6) is 0 Å². The second-order valence-corrected chi connectivity index (χ2v) is 10.2. The fourth-order valence-corrected chi connectivity index (χ4v) is 5.48. The average Bonchev–Trinajstić information content (AvgIpc) is 3.67. The molecular weight excluding hydrogens is 493 g/mol. The van der Waals surface area contributed by atoms with Gasteiger partial charge in [-0.2, -0.15) is 5.10 Å². The molecule has 194 valence electrons. The summed E-state index contributed by atoms with van der Waals surface area (Å²) in [7, 11) is 1.95. The van der Waals surface area contributed by atoms with Gasteiger partial charge < -0.3 is 14.2 Å². The predicted octanol–water partition coefficient (Wildman–Crippen LogP) is 3.38. The van der Waals surface area contributed by atoms with E-state index >= 15 is 0 Å². The summed E-state index contributed by atoms with van der Waals surface area (Å²) in [6.07, 6.45) is 2.54. The molecule has 4 heterocycles. The van der Waals surface area contributed by atoms with Gasteiger partial charge in [0.05, 0.1) is 23.8 Å². The maximum atomic E-state index is 13.9. The molecule has 0 bridgehead atoms. The first-order valence-electron chi connectivity index (χ1n) is 12.4. The highest BCUT2D eigenvalue weighted by atomic mass is 32.1. The zero-order chi connectivity index (χ0) is 25.8. The minimum Gasteiger partial charge on any atom is -0.379 e. The topological polar surface area (TPSA) is 70.4 Å². The highest BCUT2D eigenvalue weighted by molar-refractivity contribution is 7.12. The van der Waals surface area contributed by atoms with Crippen LogP contribution in [-0.2, 0) is 16.6 Å². The van der Waals surface area contributed by atoms with Gasteiger partial charge in [0.25, 0.3) is 11.8 Å². The molecule has 2 aromatic heterocycles. The van der Waals surface area contributed by atoms with E-state index in [9.17, 15) is 14.0 Å². The molecule has 0 unspecified atom stereocenters. The number of hydrogen-bond acceptors (Lipinski definition) is 6. The van der Waals surface area contributed by atoms with E-state index in [2.05, 4.69) is 4.90 Å². The molecule has 0 saturated carbocycles. The maximum absolute atomic E-state index is 13.9. The van der Waals surface area contributed by atoms with E-state index in [1.54, 1.807) is 17.4 Å². The number of amides is 2. The number of carbonyl (C=O) groups excluding carboxylic acids is 2. The summed E-state index contributed by atoms with van der Waals surface area (Å²) in [5.41, 5.74) is 2.05. The van der Waals surface area contributed by atoms with E-state index in [0.717, 1.165) is 29.4 Å². The fraction of sp³-hybridized carbons (Fsp3) is 0.370. The summed E-state index contributed by atoms with van der Waals surface area (Å²) in [6.45, 7) is 3.61. The molecule has 5 rings (SSSR count). The molecule has 37 heavy (non-hydrogen) atoms. The van der Waals surface area contributed by atoms with Gasteiger partial charge in [-0.15, -0.1) is 11.3 Å². The van der Waals surface area contributed by atoms with Crippen LogP contribution in [0.15, 0.2) is 65.2 Å². The number of nitrogens with zero attached hydrogens (tertiary/aromatic N) is 5.